The Kier molecular flexibility index (Phi) is 6.88. The van der Waals surface area contributed by atoms with E-state index in [9.17, 15) is 0 Å². The van der Waals surface area contributed by atoms with Gasteiger partial charge in [-0.1, -0.05) is 54.1 Å². The lowest BCUT2D eigenvalue weighted by Gasteiger charge is -2.13. The van der Waals surface area contributed by atoms with Crippen molar-refractivity contribution in [2.45, 2.75) is 19.5 Å². The van der Waals surface area contributed by atoms with E-state index < -0.39 is 0 Å². The van der Waals surface area contributed by atoms with E-state index in [0.29, 0.717) is 6.54 Å². The van der Waals surface area contributed by atoms with Crippen LogP contribution in [-0.2, 0) is 19.5 Å². The van der Waals surface area contributed by atoms with Crippen molar-refractivity contribution in [2.24, 2.45) is 4.99 Å². The number of hydrogen-bond acceptors (Lipinski definition) is 2. The molecule has 0 radical (unpaired) electrons. The average Bonchev–Trinajstić information content (AvgIpc) is 3.19. The molecule has 0 aliphatic rings. The highest BCUT2D eigenvalue weighted by molar-refractivity contribution is 6.31. The van der Waals surface area contributed by atoms with Crippen molar-refractivity contribution in [1.82, 2.24) is 20.2 Å². The molecule has 27 heavy (non-hydrogen) atoms. The van der Waals surface area contributed by atoms with E-state index in [1.807, 2.05) is 36.8 Å². The van der Waals surface area contributed by atoms with E-state index in [-0.39, 0.29) is 0 Å². The summed E-state index contributed by atoms with van der Waals surface area (Å²) in [6, 6.07) is 16.4. The lowest BCUT2D eigenvalue weighted by molar-refractivity contribution is 0.783. The maximum absolute atomic E-state index is 6.20. The van der Waals surface area contributed by atoms with Crippen LogP contribution in [0.5, 0.6) is 0 Å². The molecule has 0 fully saturated rings. The molecule has 3 aromatic rings. The third kappa shape index (κ3) is 5.86. The highest BCUT2D eigenvalue weighted by Crippen LogP contribution is 2.14. The SMILES string of the molecule is CN=C(NCCc1ccccc1Cl)NCc1cccc(Cn2ccnc2)c1. The van der Waals surface area contributed by atoms with Crippen molar-refractivity contribution in [3.05, 3.63) is 89.0 Å². The first-order valence-electron chi connectivity index (χ1n) is 8.96. The fourth-order valence-corrected chi connectivity index (χ4v) is 3.08. The average molecular weight is 382 g/mol. The Balaban J connectivity index is 1.48. The first kappa shape index (κ1) is 19.0. The summed E-state index contributed by atoms with van der Waals surface area (Å²) < 4.78 is 2.06. The summed E-state index contributed by atoms with van der Waals surface area (Å²) >= 11 is 6.20. The second-order valence-electron chi connectivity index (χ2n) is 6.25. The highest BCUT2D eigenvalue weighted by Gasteiger charge is 2.02. The number of halogens is 1. The Labute approximate surface area is 165 Å². The Morgan fingerprint density at radius 1 is 1.11 bits per heavy atom. The van der Waals surface area contributed by atoms with Gasteiger partial charge in [0, 0.05) is 44.1 Å². The van der Waals surface area contributed by atoms with E-state index in [4.69, 9.17) is 11.6 Å². The van der Waals surface area contributed by atoms with Crippen molar-refractivity contribution in [3.8, 4) is 0 Å². The summed E-state index contributed by atoms with van der Waals surface area (Å²) in [7, 11) is 1.78. The molecule has 140 valence electrons. The summed E-state index contributed by atoms with van der Waals surface area (Å²) in [6.45, 7) is 2.30. The van der Waals surface area contributed by atoms with E-state index in [0.717, 1.165) is 36.1 Å². The standard InChI is InChI=1S/C21H24ClN5/c1-23-21(25-10-9-19-7-2-3-8-20(19)22)26-14-17-5-4-6-18(13-17)15-27-12-11-24-16-27/h2-8,11-13,16H,9-10,14-15H2,1H3,(H2,23,25,26). The lowest BCUT2D eigenvalue weighted by atomic mass is 10.1. The minimum atomic E-state index is 0.712. The molecule has 0 bridgehead atoms. The number of hydrogen-bond donors (Lipinski definition) is 2. The number of aromatic nitrogens is 2. The van der Waals surface area contributed by atoms with Crippen LogP contribution >= 0.6 is 11.6 Å². The number of nitrogens with zero attached hydrogens (tertiary/aromatic N) is 3. The first-order chi connectivity index (χ1) is 13.2. The van der Waals surface area contributed by atoms with Crippen LogP contribution < -0.4 is 10.6 Å². The second-order valence-corrected chi connectivity index (χ2v) is 6.66. The fourth-order valence-electron chi connectivity index (χ4n) is 2.85. The van der Waals surface area contributed by atoms with Crippen LogP contribution in [0.25, 0.3) is 0 Å². The molecule has 2 N–H and O–H groups in total. The summed E-state index contributed by atoms with van der Waals surface area (Å²) in [5.74, 6) is 0.780. The molecular formula is C21H24ClN5. The van der Waals surface area contributed by atoms with Crippen LogP contribution in [0.1, 0.15) is 16.7 Å². The predicted molar refractivity (Wildman–Crippen MR) is 111 cm³/mol. The van der Waals surface area contributed by atoms with Gasteiger partial charge in [0.2, 0.25) is 0 Å². The highest BCUT2D eigenvalue weighted by atomic mass is 35.5. The van der Waals surface area contributed by atoms with Crippen LogP contribution in [-0.4, -0.2) is 29.1 Å². The molecule has 0 atom stereocenters. The van der Waals surface area contributed by atoms with Crippen molar-refractivity contribution < 1.29 is 0 Å². The first-order valence-corrected chi connectivity index (χ1v) is 9.34. The Bertz CT molecular complexity index is 874. The van der Waals surface area contributed by atoms with Crippen molar-refractivity contribution in [1.29, 1.82) is 0 Å². The molecule has 0 aliphatic carbocycles. The Morgan fingerprint density at radius 3 is 2.74 bits per heavy atom. The summed E-state index contributed by atoms with van der Waals surface area (Å²) in [5.41, 5.74) is 3.59. The monoisotopic (exact) mass is 381 g/mol. The molecule has 0 saturated carbocycles. The zero-order valence-electron chi connectivity index (χ0n) is 15.4. The number of aliphatic imine (C=N–C) groups is 1. The van der Waals surface area contributed by atoms with Crippen LogP contribution in [0.4, 0.5) is 0 Å². The molecule has 5 nitrogen and oxygen atoms in total. The molecule has 0 amide bonds. The normalized spacial score (nSPS) is 11.4. The van der Waals surface area contributed by atoms with Gasteiger partial charge in [-0.05, 0) is 29.2 Å². The van der Waals surface area contributed by atoms with Gasteiger partial charge in [0.25, 0.3) is 0 Å². The third-order valence-corrected chi connectivity index (χ3v) is 4.61. The van der Waals surface area contributed by atoms with Crippen molar-refractivity contribution in [3.63, 3.8) is 0 Å². The smallest absolute Gasteiger partial charge is 0.191 e. The third-order valence-electron chi connectivity index (χ3n) is 4.24. The summed E-state index contributed by atoms with van der Waals surface area (Å²) in [4.78, 5) is 8.37. The minimum Gasteiger partial charge on any atom is -0.356 e. The van der Waals surface area contributed by atoms with Gasteiger partial charge in [0.1, 0.15) is 0 Å². The number of guanidine groups is 1. The summed E-state index contributed by atoms with van der Waals surface area (Å²) in [6.07, 6.45) is 6.44. The van der Waals surface area contributed by atoms with Crippen LogP contribution in [0.15, 0.2) is 72.2 Å². The van der Waals surface area contributed by atoms with Gasteiger partial charge in [-0.3, -0.25) is 4.99 Å². The Hall–Kier alpha value is -2.79. The molecule has 0 unspecified atom stereocenters. The van der Waals surface area contributed by atoms with E-state index in [1.54, 1.807) is 13.2 Å². The van der Waals surface area contributed by atoms with Crippen LogP contribution in [0.2, 0.25) is 5.02 Å². The Morgan fingerprint density at radius 2 is 1.96 bits per heavy atom. The van der Waals surface area contributed by atoms with Gasteiger partial charge in [0.05, 0.1) is 6.33 Å². The molecule has 0 spiro atoms. The quantitative estimate of drug-likeness (QED) is 0.486. The molecule has 2 aromatic carbocycles. The minimum absolute atomic E-state index is 0.712. The van der Waals surface area contributed by atoms with Gasteiger partial charge in [-0.2, -0.15) is 0 Å². The van der Waals surface area contributed by atoms with Gasteiger partial charge < -0.3 is 15.2 Å². The molecule has 1 heterocycles. The molecule has 3 rings (SSSR count). The van der Waals surface area contributed by atoms with Crippen LogP contribution in [0.3, 0.4) is 0 Å². The van der Waals surface area contributed by atoms with Gasteiger partial charge in [-0.25, -0.2) is 4.98 Å². The zero-order chi connectivity index (χ0) is 18.9. The van der Waals surface area contributed by atoms with Crippen LogP contribution in [0, 0.1) is 0 Å². The topological polar surface area (TPSA) is 54.2 Å². The van der Waals surface area contributed by atoms with Gasteiger partial charge in [0.15, 0.2) is 5.96 Å². The number of benzene rings is 2. The van der Waals surface area contributed by atoms with E-state index in [2.05, 4.69) is 49.4 Å². The largest absolute Gasteiger partial charge is 0.356 e. The molecular weight excluding hydrogens is 358 g/mol. The molecule has 6 heteroatoms. The van der Waals surface area contributed by atoms with E-state index >= 15 is 0 Å². The second kappa shape index (κ2) is 9.78. The molecule has 0 saturated heterocycles. The van der Waals surface area contributed by atoms with Gasteiger partial charge >= 0.3 is 0 Å². The van der Waals surface area contributed by atoms with E-state index in [1.165, 1.54) is 11.1 Å². The fraction of sp³-hybridized carbons (Fsp3) is 0.238. The molecule has 1 aromatic heterocycles. The maximum Gasteiger partial charge on any atom is 0.191 e. The molecule has 0 aliphatic heterocycles. The van der Waals surface area contributed by atoms with Crippen molar-refractivity contribution in [2.75, 3.05) is 13.6 Å². The van der Waals surface area contributed by atoms with Crippen molar-refractivity contribution >= 4 is 17.6 Å². The summed E-state index contributed by atoms with van der Waals surface area (Å²) in [5, 5.41) is 7.50. The lowest BCUT2D eigenvalue weighted by Crippen LogP contribution is -2.37. The van der Waals surface area contributed by atoms with Gasteiger partial charge in [-0.15, -0.1) is 0 Å². The number of rotatable bonds is 7. The predicted octanol–water partition coefficient (Wildman–Crippen LogP) is 3.49. The number of nitrogens with one attached hydrogen (secondary N) is 2. The number of imidazole rings is 1. The zero-order valence-corrected chi connectivity index (χ0v) is 16.2. The maximum atomic E-state index is 6.20.